The first kappa shape index (κ1) is 19.5. The highest BCUT2D eigenvalue weighted by atomic mass is 127. The average Bonchev–Trinajstić information content (AvgIpc) is 2.65. The molecule has 7 heteroatoms. The smallest absolute Gasteiger partial charge is 0.259 e. The Morgan fingerprint density at radius 3 is 2.69 bits per heavy atom. The molecule has 0 aliphatic carbocycles. The van der Waals surface area contributed by atoms with E-state index in [4.69, 9.17) is 11.2 Å². The van der Waals surface area contributed by atoms with Gasteiger partial charge in [-0.15, -0.1) is 6.42 Å². The van der Waals surface area contributed by atoms with Gasteiger partial charge in [-0.2, -0.15) is 5.10 Å². The van der Waals surface area contributed by atoms with Gasteiger partial charge in [0.15, 0.2) is 0 Å². The predicted octanol–water partition coefficient (Wildman–Crippen LogP) is 2.18. The molecule has 0 aromatic heterocycles. The highest BCUT2D eigenvalue weighted by Gasteiger charge is 2.10. The monoisotopic (exact) mass is 461 g/mol. The lowest BCUT2D eigenvalue weighted by Crippen LogP contribution is -2.35. The molecule has 0 radical (unpaired) electrons. The number of carbonyl (C=O) groups is 2. The van der Waals surface area contributed by atoms with Crippen LogP contribution in [-0.2, 0) is 4.79 Å². The lowest BCUT2D eigenvalue weighted by molar-refractivity contribution is -0.120. The molecule has 26 heavy (non-hydrogen) atoms. The van der Waals surface area contributed by atoms with E-state index in [2.05, 4.69) is 44.4 Å². The van der Waals surface area contributed by atoms with Gasteiger partial charge >= 0.3 is 0 Å². The number of amides is 2. The standard InChI is InChI=1S/C19H16IN3O3/c1-2-11-26-17-10-6-3-7-14(17)12-22-23-18(24)13-21-19(25)15-8-4-5-9-16(15)20/h1,3-10,12H,11,13H2,(H,21,25)(H,23,24). The fourth-order valence-corrected chi connectivity index (χ4v) is 2.58. The zero-order chi connectivity index (χ0) is 18.8. The second-order valence-corrected chi connectivity index (χ2v) is 6.15. The number of hydrogen-bond donors (Lipinski definition) is 2. The summed E-state index contributed by atoms with van der Waals surface area (Å²) in [5.74, 6) is 2.19. The Hall–Kier alpha value is -2.86. The summed E-state index contributed by atoms with van der Waals surface area (Å²) in [5, 5.41) is 6.42. The molecule has 2 N–H and O–H groups in total. The molecule has 0 saturated heterocycles. The zero-order valence-corrected chi connectivity index (χ0v) is 15.9. The van der Waals surface area contributed by atoms with Gasteiger partial charge < -0.3 is 10.1 Å². The van der Waals surface area contributed by atoms with Gasteiger partial charge in [-0.1, -0.05) is 30.2 Å². The highest BCUT2D eigenvalue weighted by molar-refractivity contribution is 14.1. The fourth-order valence-electron chi connectivity index (χ4n) is 1.95. The maximum absolute atomic E-state index is 12.0. The first-order chi connectivity index (χ1) is 12.6. The number of nitrogens with one attached hydrogen (secondary N) is 2. The number of hydrazone groups is 1. The van der Waals surface area contributed by atoms with Crippen LogP contribution in [-0.4, -0.2) is 31.2 Å². The molecular weight excluding hydrogens is 445 g/mol. The van der Waals surface area contributed by atoms with Crippen LogP contribution in [0.3, 0.4) is 0 Å². The summed E-state index contributed by atoms with van der Waals surface area (Å²) < 4.78 is 6.20. The fraction of sp³-hybridized carbons (Fsp3) is 0.105. The van der Waals surface area contributed by atoms with Gasteiger partial charge in [-0.05, 0) is 46.9 Å². The van der Waals surface area contributed by atoms with Crippen LogP contribution in [0.15, 0.2) is 53.6 Å². The number of ether oxygens (including phenoxy) is 1. The van der Waals surface area contributed by atoms with Crippen molar-refractivity contribution in [2.45, 2.75) is 0 Å². The maximum atomic E-state index is 12.0. The number of terminal acetylenes is 1. The Morgan fingerprint density at radius 2 is 1.92 bits per heavy atom. The van der Waals surface area contributed by atoms with Crippen LogP contribution in [0.4, 0.5) is 0 Å². The number of benzene rings is 2. The van der Waals surface area contributed by atoms with Crippen molar-refractivity contribution in [1.82, 2.24) is 10.7 Å². The van der Waals surface area contributed by atoms with E-state index in [0.717, 1.165) is 3.57 Å². The normalized spacial score (nSPS) is 10.2. The number of carbonyl (C=O) groups excluding carboxylic acids is 2. The second kappa shape index (κ2) is 10.2. The first-order valence-corrected chi connectivity index (χ1v) is 8.69. The summed E-state index contributed by atoms with van der Waals surface area (Å²) in [4.78, 5) is 23.9. The average molecular weight is 461 g/mol. The Kier molecular flexibility index (Phi) is 7.64. The van der Waals surface area contributed by atoms with E-state index in [-0.39, 0.29) is 19.1 Å². The summed E-state index contributed by atoms with van der Waals surface area (Å²) in [6.07, 6.45) is 6.62. The molecular formula is C19H16IN3O3. The molecule has 2 aromatic rings. The van der Waals surface area contributed by atoms with E-state index in [0.29, 0.717) is 16.9 Å². The summed E-state index contributed by atoms with van der Waals surface area (Å²) >= 11 is 2.07. The summed E-state index contributed by atoms with van der Waals surface area (Å²) in [6.45, 7) is -0.0437. The molecule has 0 bridgehead atoms. The summed E-state index contributed by atoms with van der Waals surface area (Å²) in [6, 6.07) is 14.3. The van der Waals surface area contributed by atoms with Crippen molar-refractivity contribution in [3.8, 4) is 18.1 Å². The van der Waals surface area contributed by atoms with E-state index in [1.54, 1.807) is 24.3 Å². The highest BCUT2D eigenvalue weighted by Crippen LogP contribution is 2.15. The summed E-state index contributed by atoms with van der Waals surface area (Å²) in [5.41, 5.74) is 3.54. The molecule has 0 spiro atoms. The number of para-hydroxylation sites is 1. The molecule has 2 rings (SSSR count). The maximum Gasteiger partial charge on any atom is 0.259 e. The topological polar surface area (TPSA) is 79.8 Å². The van der Waals surface area contributed by atoms with Gasteiger partial charge in [-0.25, -0.2) is 5.43 Å². The minimum atomic E-state index is -0.442. The van der Waals surface area contributed by atoms with E-state index in [1.807, 2.05) is 24.3 Å². The van der Waals surface area contributed by atoms with Crippen LogP contribution in [0.5, 0.6) is 5.75 Å². The minimum absolute atomic E-state index is 0.140. The molecule has 0 fully saturated rings. The van der Waals surface area contributed by atoms with Crippen molar-refractivity contribution in [2.24, 2.45) is 5.10 Å². The van der Waals surface area contributed by atoms with Crippen molar-refractivity contribution < 1.29 is 14.3 Å². The van der Waals surface area contributed by atoms with Crippen LogP contribution in [0.2, 0.25) is 0 Å². The third-order valence-corrected chi connectivity index (χ3v) is 4.09. The Bertz CT molecular complexity index is 859. The van der Waals surface area contributed by atoms with Crippen molar-refractivity contribution in [2.75, 3.05) is 13.2 Å². The number of halogens is 1. The van der Waals surface area contributed by atoms with Crippen LogP contribution in [0.1, 0.15) is 15.9 Å². The number of nitrogens with zero attached hydrogens (tertiary/aromatic N) is 1. The number of hydrogen-bond acceptors (Lipinski definition) is 4. The van der Waals surface area contributed by atoms with Crippen LogP contribution in [0.25, 0.3) is 0 Å². The molecule has 6 nitrogen and oxygen atoms in total. The van der Waals surface area contributed by atoms with Gasteiger partial charge in [0.25, 0.3) is 11.8 Å². The van der Waals surface area contributed by atoms with Crippen molar-refractivity contribution in [3.63, 3.8) is 0 Å². The number of rotatable bonds is 7. The van der Waals surface area contributed by atoms with Crippen molar-refractivity contribution >= 4 is 40.6 Å². The molecule has 0 aliphatic heterocycles. The lowest BCUT2D eigenvalue weighted by atomic mass is 10.2. The Balaban J connectivity index is 1.86. The molecule has 2 aromatic carbocycles. The first-order valence-electron chi connectivity index (χ1n) is 7.61. The van der Waals surface area contributed by atoms with E-state index >= 15 is 0 Å². The van der Waals surface area contributed by atoms with Gasteiger partial charge in [0.2, 0.25) is 0 Å². The van der Waals surface area contributed by atoms with Crippen LogP contribution in [0, 0.1) is 15.9 Å². The molecule has 2 amide bonds. The molecule has 0 aliphatic rings. The van der Waals surface area contributed by atoms with Gasteiger partial charge in [0.1, 0.15) is 12.4 Å². The van der Waals surface area contributed by atoms with E-state index < -0.39 is 5.91 Å². The van der Waals surface area contributed by atoms with Crippen LogP contribution < -0.4 is 15.5 Å². The summed E-state index contributed by atoms with van der Waals surface area (Å²) in [7, 11) is 0. The molecule has 0 saturated carbocycles. The Morgan fingerprint density at radius 1 is 1.19 bits per heavy atom. The molecule has 0 heterocycles. The second-order valence-electron chi connectivity index (χ2n) is 4.99. The SMILES string of the molecule is C#CCOc1ccccc1C=NNC(=O)CNC(=O)c1ccccc1I. The molecule has 132 valence electrons. The predicted molar refractivity (Wildman–Crippen MR) is 108 cm³/mol. The van der Waals surface area contributed by atoms with Gasteiger partial charge in [0.05, 0.1) is 18.3 Å². The van der Waals surface area contributed by atoms with Crippen molar-refractivity contribution in [3.05, 3.63) is 63.2 Å². The minimum Gasteiger partial charge on any atom is -0.480 e. The molecule has 0 atom stereocenters. The third kappa shape index (κ3) is 5.89. The lowest BCUT2D eigenvalue weighted by Gasteiger charge is -2.06. The quantitative estimate of drug-likeness (QED) is 0.287. The van der Waals surface area contributed by atoms with E-state index in [9.17, 15) is 9.59 Å². The van der Waals surface area contributed by atoms with E-state index in [1.165, 1.54) is 6.21 Å². The van der Waals surface area contributed by atoms with Crippen molar-refractivity contribution in [1.29, 1.82) is 0 Å². The third-order valence-electron chi connectivity index (χ3n) is 3.15. The Labute approximate surface area is 165 Å². The largest absolute Gasteiger partial charge is 0.480 e. The van der Waals surface area contributed by atoms with Gasteiger partial charge in [-0.3, -0.25) is 9.59 Å². The van der Waals surface area contributed by atoms with Gasteiger partial charge in [0, 0.05) is 9.13 Å². The van der Waals surface area contributed by atoms with Crippen LogP contribution >= 0.6 is 22.6 Å². The molecule has 0 unspecified atom stereocenters. The zero-order valence-electron chi connectivity index (χ0n) is 13.7.